The van der Waals surface area contributed by atoms with E-state index in [9.17, 15) is 19.2 Å². The van der Waals surface area contributed by atoms with Crippen LogP contribution in [0.15, 0.2) is 30.5 Å². The average Bonchev–Trinajstić information content (AvgIpc) is 3.23. The Morgan fingerprint density at radius 3 is 2.31 bits per heavy atom. The Morgan fingerprint density at radius 1 is 0.972 bits per heavy atom. The number of amides is 3. The van der Waals surface area contributed by atoms with E-state index in [1.54, 1.807) is 13.8 Å². The van der Waals surface area contributed by atoms with Crippen LogP contribution in [0.1, 0.15) is 45.6 Å². The van der Waals surface area contributed by atoms with E-state index in [0.717, 1.165) is 16.5 Å². The zero-order valence-electron chi connectivity index (χ0n) is 21.0. The smallest absolute Gasteiger partial charge is 0.325 e. The number of nitrogens with two attached hydrogens (primary N) is 2. The van der Waals surface area contributed by atoms with Crippen LogP contribution in [-0.4, -0.2) is 64.5 Å². The first-order chi connectivity index (χ1) is 17.0. The standard InChI is InChI=1S/C25H38N6O5/c1-14(2)21(24(34)29-15(3)25(35)36)31-23(33)20(10-6-7-11-26)30-22(32)18(27)12-16-13-28-19-9-5-4-8-17(16)19/h4-5,8-9,13-15,18,20-21,28H,6-7,10-12,26-27H2,1-3H3,(H,29,34)(H,30,32)(H,31,33)(H,35,36). The molecule has 1 aromatic heterocycles. The van der Waals surface area contributed by atoms with Crippen molar-refractivity contribution in [1.82, 2.24) is 20.9 Å². The highest BCUT2D eigenvalue weighted by Crippen LogP contribution is 2.19. The Morgan fingerprint density at radius 2 is 1.67 bits per heavy atom. The number of carbonyl (C=O) groups excluding carboxylic acids is 3. The van der Waals surface area contributed by atoms with Crippen LogP contribution in [0.3, 0.4) is 0 Å². The summed E-state index contributed by atoms with van der Waals surface area (Å²) in [5.41, 5.74) is 13.6. The van der Waals surface area contributed by atoms with E-state index in [2.05, 4.69) is 20.9 Å². The number of rotatable bonds is 14. The molecular weight excluding hydrogens is 464 g/mol. The molecule has 0 bridgehead atoms. The fourth-order valence-electron chi connectivity index (χ4n) is 3.82. The largest absolute Gasteiger partial charge is 0.480 e. The number of carboxylic acid groups (broad SMARTS) is 1. The van der Waals surface area contributed by atoms with Gasteiger partial charge in [0.2, 0.25) is 17.7 Å². The molecule has 2 rings (SSSR count). The fraction of sp³-hybridized carbons (Fsp3) is 0.520. The van der Waals surface area contributed by atoms with Gasteiger partial charge in [-0.15, -0.1) is 0 Å². The van der Waals surface area contributed by atoms with Gasteiger partial charge in [0.05, 0.1) is 6.04 Å². The molecule has 1 heterocycles. The van der Waals surface area contributed by atoms with Crippen molar-refractivity contribution >= 4 is 34.6 Å². The number of aromatic nitrogens is 1. The molecule has 0 radical (unpaired) electrons. The fourth-order valence-corrected chi connectivity index (χ4v) is 3.82. The molecule has 0 aliphatic rings. The molecule has 0 spiro atoms. The van der Waals surface area contributed by atoms with Crippen LogP contribution >= 0.6 is 0 Å². The van der Waals surface area contributed by atoms with Gasteiger partial charge in [-0.1, -0.05) is 32.0 Å². The lowest BCUT2D eigenvalue weighted by molar-refractivity contribution is -0.142. The normalized spacial score (nSPS) is 14.6. The first-order valence-corrected chi connectivity index (χ1v) is 12.2. The van der Waals surface area contributed by atoms with E-state index in [4.69, 9.17) is 16.6 Å². The number of H-pyrrole nitrogens is 1. The molecule has 3 amide bonds. The number of carboxylic acids is 1. The third kappa shape index (κ3) is 8.06. The van der Waals surface area contributed by atoms with Crippen molar-refractivity contribution in [2.24, 2.45) is 17.4 Å². The molecule has 11 heteroatoms. The monoisotopic (exact) mass is 502 g/mol. The Bertz CT molecular complexity index is 1050. The molecule has 0 aliphatic heterocycles. The zero-order valence-corrected chi connectivity index (χ0v) is 21.0. The maximum atomic E-state index is 13.1. The van der Waals surface area contributed by atoms with E-state index in [-0.39, 0.29) is 12.3 Å². The highest BCUT2D eigenvalue weighted by Gasteiger charge is 2.31. The van der Waals surface area contributed by atoms with Crippen molar-refractivity contribution < 1.29 is 24.3 Å². The summed E-state index contributed by atoms with van der Waals surface area (Å²) >= 11 is 0. The maximum Gasteiger partial charge on any atom is 0.325 e. The average molecular weight is 503 g/mol. The van der Waals surface area contributed by atoms with Gasteiger partial charge in [-0.3, -0.25) is 19.2 Å². The van der Waals surface area contributed by atoms with Gasteiger partial charge in [-0.25, -0.2) is 0 Å². The van der Waals surface area contributed by atoms with Crippen LogP contribution < -0.4 is 27.4 Å². The number of aliphatic carboxylic acids is 1. The lowest BCUT2D eigenvalue weighted by atomic mass is 10.0. The SMILES string of the molecule is CC(NC(=O)C(NC(=O)C(CCCCN)NC(=O)C(N)Cc1c[nH]c2ccccc12)C(C)C)C(=O)O. The number of unbranched alkanes of at least 4 members (excludes halogenated alkanes) is 1. The van der Waals surface area contributed by atoms with Crippen LogP contribution in [0.25, 0.3) is 10.9 Å². The summed E-state index contributed by atoms with van der Waals surface area (Å²) in [6.45, 7) is 5.24. The van der Waals surface area contributed by atoms with Crippen molar-refractivity contribution in [3.63, 3.8) is 0 Å². The minimum absolute atomic E-state index is 0.275. The van der Waals surface area contributed by atoms with Crippen molar-refractivity contribution in [1.29, 1.82) is 0 Å². The van der Waals surface area contributed by atoms with Crippen molar-refractivity contribution in [3.8, 4) is 0 Å². The quantitative estimate of drug-likeness (QED) is 0.181. The molecule has 0 aliphatic carbocycles. The predicted octanol–water partition coefficient (Wildman–Crippen LogP) is 0.382. The van der Waals surface area contributed by atoms with Crippen LogP contribution in [0.5, 0.6) is 0 Å². The molecule has 4 unspecified atom stereocenters. The van der Waals surface area contributed by atoms with Gasteiger partial charge in [-0.2, -0.15) is 0 Å². The summed E-state index contributed by atoms with van der Waals surface area (Å²) in [5.74, 6) is -3.15. The molecule has 9 N–H and O–H groups in total. The molecule has 2 aromatic rings. The lowest BCUT2D eigenvalue weighted by Crippen LogP contribution is -2.58. The van der Waals surface area contributed by atoms with Gasteiger partial charge in [0.15, 0.2) is 0 Å². The number of aromatic amines is 1. The van der Waals surface area contributed by atoms with Crippen molar-refractivity contribution in [2.75, 3.05) is 6.54 Å². The number of hydrogen-bond acceptors (Lipinski definition) is 6. The van der Waals surface area contributed by atoms with Crippen LogP contribution in [-0.2, 0) is 25.6 Å². The number of para-hydroxylation sites is 1. The Hall–Kier alpha value is -3.44. The number of benzene rings is 1. The number of hydrogen-bond donors (Lipinski definition) is 7. The van der Waals surface area contributed by atoms with E-state index in [1.165, 1.54) is 6.92 Å². The highest BCUT2D eigenvalue weighted by atomic mass is 16.4. The molecule has 0 fully saturated rings. The summed E-state index contributed by atoms with van der Waals surface area (Å²) in [5, 5.41) is 17.8. The summed E-state index contributed by atoms with van der Waals surface area (Å²) in [4.78, 5) is 52.9. The van der Waals surface area contributed by atoms with Crippen LogP contribution in [0.4, 0.5) is 0 Å². The van der Waals surface area contributed by atoms with Crippen LogP contribution in [0.2, 0.25) is 0 Å². The maximum absolute atomic E-state index is 13.1. The minimum Gasteiger partial charge on any atom is -0.480 e. The first kappa shape index (κ1) is 28.8. The second-order valence-electron chi connectivity index (χ2n) is 9.31. The molecule has 36 heavy (non-hydrogen) atoms. The summed E-state index contributed by atoms with van der Waals surface area (Å²) in [7, 11) is 0. The van der Waals surface area contributed by atoms with E-state index in [1.807, 2.05) is 30.5 Å². The van der Waals surface area contributed by atoms with E-state index >= 15 is 0 Å². The number of carbonyl (C=O) groups is 4. The Kier molecular flexibility index (Phi) is 10.9. The molecule has 4 atom stereocenters. The third-order valence-corrected chi connectivity index (χ3v) is 6.01. The predicted molar refractivity (Wildman–Crippen MR) is 137 cm³/mol. The first-order valence-electron chi connectivity index (χ1n) is 12.2. The molecule has 11 nitrogen and oxygen atoms in total. The summed E-state index contributed by atoms with van der Waals surface area (Å²) < 4.78 is 0. The van der Waals surface area contributed by atoms with Gasteiger partial charge in [-0.05, 0) is 56.7 Å². The van der Waals surface area contributed by atoms with Gasteiger partial charge in [0, 0.05) is 17.1 Å². The lowest BCUT2D eigenvalue weighted by Gasteiger charge is -2.26. The van der Waals surface area contributed by atoms with Gasteiger partial charge < -0.3 is 37.5 Å². The minimum atomic E-state index is -1.19. The third-order valence-electron chi connectivity index (χ3n) is 6.01. The highest BCUT2D eigenvalue weighted by molar-refractivity contribution is 5.94. The molecule has 1 aromatic carbocycles. The number of nitrogens with one attached hydrogen (secondary N) is 4. The summed E-state index contributed by atoms with van der Waals surface area (Å²) in [6, 6.07) is 3.77. The van der Waals surface area contributed by atoms with Gasteiger partial charge >= 0.3 is 5.97 Å². The van der Waals surface area contributed by atoms with E-state index < -0.39 is 47.9 Å². The topological polar surface area (TPSA) is 192 Å². The Balaban J connectivity index is 2.09. The van der Waals surface area contributed by atoms with Gasteiger partial charge in [0.1, 0.15) is 18.1 Å². The molecule has 0 saturated heterocycles. The van der Waals surface area contributed by atoms with Crippen LogP contribution in [0, 0.1) is 5.92 Å². The van der Waals surface area contributed by atoms with Crippen molar-refractivity contribution in [2.45, 2.75) is 70.6 Å². The zero-order chi connectivity index (χ0) is 26.8. The van der Waals surface area contributed by atoms with Crippen molar-refractivity contribution in [3.05, 3.63) is 36.0 Å². The summed E-state index contributed by atoms with van der Waals surface area (Å²) in [6.07, 6.45) is 3.64. The molecule has 0 saturated carbocycles. The van der Waals surface area contributed by atoms with Gasteiger partial charge in [0.25, 0.3) is 0 Å². The molecular formula is C25H38N6O5. The molecule has 198 valence electrons. The van der Waals surface area contributed by atoms with E-state index in [0.29, 0.717) is 25.8 Å². The Labute approximate surface area is 210 Å². The number of fused-ring (bicyclic) bond motifs is 1. The second kappa shape index (κ2) is 13.6. The second-order valence-corrected chi connectivity index (χ2v) is 9.31.